The van der Waals surface area contributed by atoms with E-state index in [4.69, 9.17) is 0 Å². The number of amides is 1. The fourth-order valence-corrected chi connectivity index (χ4v) is 2.88. The molecule has 1 N–H and O–H groups in total. The lowest BCUT2D eigenvalue weighted by molar-refractivity contribution is -0.120. The second kappa shape index (κ2) is 8.71. The van der Waals surface area contributed by atoms with Crippen LogP contribution >= 0.6 is 0 Å². The van der Waals surface area contributed by atoms with Crippen LogP contribution in [0.5, 0.6) is 0 Å². The average Bonchev–Trinajstić information content (AvgIpc) is 3.31. The van der Waals surface area contributed by atoms with Crippen molar-refractivity contribution < 1.29 is 4.79 Å². The molecule has 1 amide bonds. The predicted molar refractivity (Wildman–Crippen MR) is 110 cm³/mol. The Labute approximate surface area is 167 Å². The molecule has 1 aromatic heterocycles. The third-order valence-electron chi connectivity index (χ3n) is 4.30. The van der Waals surface area contributed by atoms with Gasteiger partial charge in [-0.1, -0.05) is 72.8 Å². The minimum absolute atomic E-state index is 0.190. The largest absolute Gasteiger partial charge is 0.273 e. The molecule has 0 aliphatic carbocycles. The molecule has 142 valence electrons. The zero-order valence-corrected chi connectivity index (χ0v) is 15.5. The number of nitrogens with zero attached hydrogens (tertiary/aromatic N) is 5. The Hall–Kier alpha value is -4.13. The molecule has 0 aliphatic rings. The second-order valence-corrected chi connectivity index (χ2v) is 6.33. The topological polar surface area (TPSA) is 85.1 Å². The van der Waals surface area contributed by atoms with Crippen LogP contribution in [-0.4, -0.2) is 31.8 Å². The fraction of sp³-hybridized carbons (Fsp3) is 0.0455. The summed E-state index contributed by atoms with van der Waals surface area (Å²) in [6, 6.07) is 27.0. The van der Waals surface area contributed by atoms with Gasteiger partial charge in [-0.15, -0.1) is 5.10 Å². The summed E-state index contributed by atoms with van der Waals surface area (Å²) in [5.41, 5.74) is 6.97. The predicted octanol–water partition coefficient (Wildman–Crippen LogP) is 2.77. The van der Waals surface area contributed by atoms with Gasteiger partial charge in [0.25, 0.3) is 0 Å². The number of carbonyl (C=O) groups excluding carboxylic acids is 1. The van der Waals surface area contributed by atoms with Gasteiger partial charge in [0.2, 0.25) is 5.91 Å². The van der Waals surface area contributed by atoms with E-state index in [-0.39, 0.29) is 12.3 Å². The standard InChI is InChI=1S/C22H18N6O/c29-21(15-17-11-13-20(14-12-17)28-16-23-26-27-28)24-25-22(18-7-3-1-4-8-18)19-9-5-2-6-10-19/h1-14,16H,15H2,(H,24,29). The van der Waals surface area contributed by atoms with Crippen LogP contribution in [0.2, 0.25) is 0 Å². The molecule has 7 nitrogen and oxygen atoms in total. The Morgan fingerprint density at radius 1 is 0.862 bits per heavy atom. The highest BCUT2D eigenvalue weighted by Crippen LogP contribution is 2.11. The number of tetrazole rings is 1. The second-order valence-electron chi connectivity index (χ2n) is 6.33. The van der Waals surface area contributed by atoms with Crippen LogP contribution in [0.15, 0.2) is 96.4 Å². The molecule has 4 rings (SSSR count). The van der Waals surface area contributed by atoms with Crippen LogP contribution in [0.4, 0.5) is 0 Å². The summed E-state index contributed by atoms with van der Waals surface area (Å²) in [6.07, 6.45) is 1.74. The highest BCUT2D eigenvalue weighted by molar-refractivity contribution is 6.13. The summed E-state index contributed by atoms with van der Waals surface area (Å²) < 4.78 is 1.56. The van der Waals surface area contributed by atoms with Crippen LogP contribution in [0.3, 0.4) is 0 Å². The first-order chi connectivity index (χ1) is 14.3. The zero-order valence-electron chi connectivity index (χ0n) is 15.5. The summed E-state index contributed by atoms with van der Waals surface area (Å²) >= 11 is 0. The minimum Gasteiger partial charge on any atom is -0.273 e. The zero-order chi connectivity index (χ0) is 19.9. The Bertz CT molecular complexity index is 1050. The van der Waals surface area contributed by atoms with Crippen molar-refractivity contribution in [1.29, 1.82) is 0 Å². The minimum atomic E-state index is -0.190. The number of hydrogen-bond donors (Lipinski definition) is 1. The summed E-state index contributed by atoms with van der Waals surface area (Å²) in [6.45, 7) is 0. The molecule has 0 spiro atoms. The maximum absolute atomic E-state index is 12.4. The molecule has 29 heavy (non-hydrogen) atoms. The molecule has 0 radical (unpaired) electrons. The highest BCUT2D eigenvalue weighted by Gasteiger charge is 2.09. The van der Waals surface area contributed by atoms with Gasteiger partial charge in [0.05, 0.1) is 17.8 Å². The van der Waals surface area contributed by atoms with E-state index in [0.717, 1.165) is 22.4 Å². The molecule has 0 saturated carbocycles. The monoisotopic (exact) mass is 382 g/mol. The van der Waals surface area contributed by atoms with Crippen molar-refractivity contribution in [2.45, 2.75) is 6.42 Å². The van der Waals surface area contributed by atoms with Gasteiger partial charge in [0.15, 0.2) is 0 Å². The van der Waals surface area contributed by atoms with Gasteiger partial charge >= 0.3 is 0 Å². The van der Waals surface area contributed by atoms with E-state index < -0.39 is 0 Å². The van der Waals surface area contributed by atoms with Crippen molar-refractivity contribution in [2.24, 2.45) is 5.10 Å². The van der Waals surface area contributed by atoms with Gasteiger partial charge in [0.1, 0.15) is 6.33 Å². The first-order valence-electron chi connectivity index (χ1n) is 9.09. The normalized spacial score (nSPS) is 10.3. The lowest BCUT2D eigenvalue weighted by Crippen LogP contribution is -2.22. The van der Waals surface area contributed by atoms with Crippen molar-refractivity contribution in [1.82, 2.24) is 25.6 Å². The maximum Gasteiger partial charge on any atom is 0.244 e. The van der Waals surface area contributed by atoms with Gasteiger partial charge in [0, 0.05) is 11.1 Å². The molecule has 1 heterocycles. The van der Waals surface area contributed by atoms with Crippen LogP contribution in [0, 0.1) is 0 Å². The van der Waals surface area contributed by atoms with E-state index >= 15 is 0 Å². The van der Waals surface area contributed by atoms with Crippen molar-refractivity contribution in [3.63, 3.8) is 0 Å². The summed E-state index contributed by atoms with van der Waals surface area (Å²) in [4.78, 5) is 12.4. The summed E-state index contributed by atoms with van der Waals surface area (Å²) in [5, 5.41) is 15.5. The summed E-state index contributed by atoms with van der Waals surface area (Å²) in [5.74, 6) is -0.190. The van der Waals surface area contributed by atoms with Gasteiger partial charge in [-0.05, 0) is 28.1 Å². The first-order valence-corrected chi connectivity index (χ1v) is 9.09. The molecule has 0 saturated heterocycles. The number of aromatic nitrogens is 4. The van der Waals surface area contributed by atoms with Gasteiger partial charge in [-0.3, -0.25) is 4.79 Å². The maximum atomic E-state index is 12.4. The van der Waals surface area contributed by atoms with E-state index in [1.807, 2.05) is 84.9 Å². The molecule has 0 unspecified atom stereocenters. The number of nitrogens with one attached hydrogen (secondary N) is 1. The molecule has 3 aromatic carbocycles. The molecule has 0 aliphatic heterocycles. The summed E-state index contributed by atoms with van der Waals surface area (Å²) in [7, 11) is 0. The van der Waals surface area contributed by atoms with E-state index in [1.165, 1.54) is 6.33 Å². The Balaban J connectivity index is 1.48. The Morgan fingerprint density at radius 2 is 1.48 bits per heavy atom. The molecular weight excluding hydrogens is 364 g/mol. The Morgan fingerprint density at radius 3 is 2.03 bits per heavy atom. The van der Waals surface area contributed by atoms with Gasteiger partial charge < -0.3 is 0 Å². The molecule has 7 heteroatoms. The number of benzene rings is 3. The number of carbonyl (C=O) groups is 1. The van der Waals surface area contributed by atoms with Crippen molar-refractivity contribution >= 4 is 11.6 Å². The van der Waals surface area contributed by atoms with Crippen LogP contribution in [0.25, 0.3) is 5.69 Å². The van der Waals surface area contributed by atoms with Crippen LogP contribution in [-0.2, 0) is 11.2 Å². The Kier molecular flexibility index (Phi) is 5.48. The van der Waals surface area contributed by atoms with E-state index in [1.54, 1.807) is 4.68 Å². The van der Waals surface area contributed by atoms with Crippen LogP contribution in [0.1, 0.15) is 16.7 Å². The third-order valence-corrected chi connectivity index (χ3v) is 4.30. The molecular formula is C22H18N6O. The fourth-order valence-electron chi connectivity index (χ4n) is 2.88. The third kappa shape index (κ3) is 4.59. The van der Waals surface area contributed by atoms with Crippen molar-refractivity contribution in [2.75, 3.05) is 0 Å². The van der Waals surface area contributed by atoms with Crippen molar-refractivity contribution in [3.8, 4) is 5.69 Å². The van der Waals surface area contributed by atoms with Gasteiger partial charge in [-0.2, -0.15) is 5.10 Å². The first kappa shape index (κ1) is 18.2. The number of hydrogen-bond acceptors (Lipinski definition) is 5. The van der Waals surface area contributed by atoms with E-state index in [9.17, 15) is 4.79 Å². The molecule has 4 aromatic rings. The molecule has 0 atom stereocenters. The quantitative estimate of drug-likeness (QED) is 0.410. The molecule has 0 bridgehead atoms. The van der Waals surface area contributed by atoms with Crippen LogP contribution < -0.4 is 5.43 Å². The van der Waals surface area contributed by atoms with Gasteiger partial charge in [-0.25, -0.2) is 10.1 Å². The number of hydrazone groups is 1. The lowest BCUT2D eigenvalue weighted by atomic mass is 10.0. The smallest absolute Gasteiger partial charge is 0.244 e. The molecule has 0 fully saturated rings. The van der Waals surface area contributed by atoms with E-state index in [2.05, 4.69) is 26.1 Å². The number of rotatable bonds is 6. The lowest BCUT2D eigenvalue weighted by Gasteiger charge is -2.08. The SMILES string of the molecule is O=C(Cc1ccc(-n2cnnn2)cc1)NN=C(c1ccccc1)c1ccccc1. The highest BCUT2D eigenvalue weighted by atomic mass is 16.2. The van der Waals surface area contributed by atoms with Crippen molar-refractivity contribution in [3.05, 3.63) is 108 Å². The van der Waals surface area contributed by atoms with E-state index in [0.29, 0.717) is 5.71 Å². The average molecular weight is 382 g/mol.